The summed E-state index contributed by atoms with van der Waals surface area (Å²) in [4.78, 5) is 25.5. The predicted molar refractivity (Wildman–Crippen MR) is 335 cm³/mol. The second kappa shape index (κ2) is 59.6. The van der Waals surface area contributed by atoms with E-state index in [0.29, 0.717) is 17.4 Å². The van der Waals surface area contributed by atoms with Gasteiger partial charge in [-0.2, -0.15) is 0 Å². The zero-order valence-electron chi connectivity index (χ0n) is 52.4. The Morgan fingerprint density at radius 3 is 1.01 bits per heavy atom. The van der Waals surface area contributed by atoms with E-state index in [1.54, 1.807) is 6.08 Å². The Kier molecular flexibility index (Phi) is 58.8. The molecule has 458 valence electrons. The van der Waals surface area contributed by atoms with Gasteiger partial charge in [0, 0.05) is 6.42 Å². The van der Waals surface area contributed by atoms with Crippen LogP contribution in [0.1, 0.15) is 354 Å². The number of carbonyl (C=O) groups is 1. The number of phosphoric acid groups is 1. The number of allylic oxidation sites excluding steroid dienone is 3. The Hall–Kier alpha value is -1.02. The number of likely N-dealkylation sites (N-methyl/N-ethyl adjacent to an activating group) is 1. The van der Waals surface area contributed by atoms with Gasteiger partial charge >= 0.3 is 0 Å². The number of amides is 1. The average Bonchev–Trinajstić information content (AvgIpc) is 3.39. The van der Waals surface area contributed by atoms with Crippen LogP contribution in [0.15, 0.2) is 24.3 Å². The molecule has 3 unspecified atom stereocenters. The molecule has 0 aromatic carbocycles. The van der Waals surface area contributed by atoms with Crippen molar-refractivity contribution in [3.8, 4) is 0 Å². The number of phosphoric ester groups is 1. The van der Waals surface area contributed by atoms with Crippen molar-refractivity contribution in [1.82, 2.24) is 5.32 Å². The summed E-state index contributed by atoms with van der Waals surface area (Å²) in [6.07, 6.45) is 77.4. The molecule has 0 bridgehead atoms. The van der Waals surface area contributed by atoms with E-state index in [4.69, 9.17) is 9.05 Å². The molecule has 0 aliphatic carbocycles. The molecule has 0 saturated carbocycles. The van der Waals surface area contributed by atoms with E-state index >= 15 is 0 Å². The number of rotatable bonds is 64. The van der Waals surface area contributed by atoms with Crippen LogP contribution in [0.5, 0.6) is 0 Å². The first-order valence-corrected chi connectivity index (χ1v) is 35.7. The maximum absolute atomic E-state index is 13.0. The quantitative estimate of drug-likeness (QED) is 0.0272. The minimum absolute atomic E-state index is 0.00205. The van der Waals surface area contributed by atoms with Gasteiger partial charge in [0.1, 0.15) is 13.2 Å². The van der Waals surface area contributed by atoms with Gasteiger partial charge < -0.3 is 28.8 Å². The van der Waals surface area contributed by atoms with E-state index < -0.39 is 20.0 Å². The third-order valence-electron chi connectivity index (χ3n) is 15.9. The third kappa shape index (κ3) is 62.4. The molecule has 8 nitrogen and oxygen atoms in total. The fraction of sp³-hybridized carbons (Fsp3) is 0.926. The highest BCUT2D eigenvalue weighted by Crippen LogP contribution is 2.38. The van der Waals surface area contributed by atoms with Gasteiger partial charge in [-0.1, -0.05) is 327 Å². The van der Waals surface area contributed by atoms with E-state index in [0.717, 1.165) is 38.5 Å². The van der Waals surface area contributed by atoms with Gasteiger partial charge in [0.15, 0.2) is 0 Å². The lowest BCUT2D eigenvalue weighted by atomic mass is 10.0. The van der Waals surface area contributed by atoms with E-state index in [2.05, 4.69) is 31.3 Å². The zero-order chi connectivity index (χ0) is 56.3. The Bertz CT molecular complexity index is 1300. The van der Waals surface area contributed by atoms with Gasteiger partial charge in [-0.05, 0) is 44.9 Å². The Labute approximate surface area is 481 Å². The van der Waals surface area contributed by atoms with Crippen LogP contribution in [0.2, 0.25) is 0 Å². The Balaban J connectivity index is 3.88. The predicted octanol–water partition coefficient (Wildman–Crippen LogP) is 20.9. The highest BCUT2D eigenvalue weighted by molar-refractivity contribution is 7.45. The fourth-order valence-electron chi connectivity index (χ4n) is 10.6. The summed E-state index contributed by atoms with van der Waals surface area (Å²) < 4.78 is 23.4. The number of nitrogens with one attached hydrogen (secondary N) is 1. The average molecular weight is 1110 g/mol. The number of aliphatic hydroxyl groups is 1. The maximum atomic E-state index is 13.0. The molecule has 0 spiro atoms. The maximum Gasteiger partial charge on any atom is 0.268 e. The van der Waals surface area contributed by atoms with Crippen molar-refractivity contribution in [3.05, 3.63) is 24.3 Å². The van der Waals surface area contributed by atoms with Gasteiger partial charge in [0.25, 0.3) is 7.82 Å². The smallest absolute Gasteiger partial charge is 0.268 e. The first-order chi connectivity index (χ1) is 37.5. The molecule has 2 N–H and O–H groups in total. The number of quaternary nitrogens is 1. The van der Waals surface area contributed by atoms with Crippen molar-refractivity contribution in [1.29, 1.82) is 0 Å². The lowest BCUT2D eigenvalue weighted by Gasteiger charge is -2.29. The molecule has 77 heavy (non-hydrogen) atoms. The summed E-state index contributed by atoms with van der Waals surface area (Å²) in [6, 6.07) is -0.883. The molecule has 0 aromatic rings. The second-order valence-electron chi connectivity index (χ2n) is 24.9. The van der Waals surface area contributed by atoms with Crippen molar-refractivity contribution in [2.75, 3.05) is 40.9 Å². The molecule has 9 heteroatoms. The van der Waals surface area contributed by atoms with Gasteiger partial charge in [0.05, 0.1) is 39.9 Å². The molecule has 1 amide bonds. The van der Waals surface area contributed by atoms with Crippen LogP contribution >= 0.6 is 7.82 Å². The lowest BCUT2D eigenvalue weighted by Crippen LogP contribution is -2.45. The van der Waals surface area contributed by atoms with Crippen molar-refractivity contribution < 1.29 is 32.9 Å². The number of carbonyl (C=O) groups excluding carboxylic acids is 1. The topological polar surface area (TPSA) is 108 Å². The zero-order valence-corrected chi connectivity index (χ0v) is 53.3. The first kappa shape index (κ1) is 76.0. The SMILES string of the molecule is CCCCCCCCCC/C=C\CCCCCCCCCCCCCCCCCCCCCCCCCCCCCC(=O)NC(COP(=O)([O-])OCC[N+](C)(C)C)C(O)/C=C/CCCCCCCCCCCCCCCC. The number of hydrogen-bond acceptors (Lipinski definition) is 6. The van der Waals surface area contributed by atoms with E-state index in [1.807, 2.05) is 27.2 Å². The Morgan fingerprint density at radius 2 is 0.714 bits per heavy atom. The molecule has 0 aliphatic rings. The normalized spacial score (nSPS) is 13.8. The van der Waals surface area contributed by atoms with E-state index in [1.165, 1.54) is 295 Å². The van der Waals surface area contributed by atoms with Crippen LogP contribution in [-0.2, 0) is 18.4 Å². The number of aliphatic hydroxyl groups excluding tert-OH is 1. The van der Waals surface area contributed by atoms with Crippen molar-refractivity contribution >= 4 is 13.7 Å². The van der Waals surface area contributed by atoms with Gasteiger partial charge in [0.2, 0.25) is 5.91 Å². The fourth-order valence-corrected chi connectivity index (χ4v) is 11.3. The number of nitrogens with zero attached hydrogens (tertiary/aromatic N) is 1. The van der Waals surface area contributed by atoms with Gasteiger partial charge in [-0.25, -0.2) is 0 Å². The summed E-state index contributed by atoms with van der Waals surface area (Å²) in [7, 11) is 1.28. The molecular formula is C68H135N2O6P. The summed E-state index contributed by atoms with van der Waals surface area (Å²) in [5.41, 5.74) is 0. The van der Waals surface area contributed by atoms with E-state index in [9.17, 15) is 19.4 Å². The monoisotopic (exact) mass is 1110 g/mol. The minimum atomic E-state index is -4.59. The van der Waals surface area contributed by atoms with Crippen molar-refractivity contribution in [2.24, 2.45) is 0 Å². The highest BCUT2D eigenvalue weighted by atomic mass is 31.2. The van der Waals surface area contributed by atoms with Gasteiger partial charge in [-0.15, -0.1) is 0 Å². The third-order valence-corrected chi connectivity index (χ3v) is 16.9. The van der Waals surface area contributed by atoms with Crippen LogP contribution in [0, 0.1) is 0 Å². The first-order valence-electron chi connectivity index (χ1n) is 34.2. The number of hydrogen-bond donors (Lipinski definition) is 2. The van der Waals surface area contributed by atoms with Crippen LogP contribution < -0.4 is 10.2 Å². The molecule has 0 aliphatic heterocycles. The summed E-state index contributed by atoms with van der Waals surface area (Å²) in [6.45, 7) is 4.70. The molecule has 0 heterocycles. The minimum Gasteiger partial charge on any atom is -0.756 e. The molecular weight excluding hydrogens is 972 g/mol. The van der Waals surface area contributed by atoms with Gasteiger partial charge in [-0.3, -0.25) is 9.36 Å². The molecule has 0 saturated heterocycles. The second-order valence-corrected chi connectivity index (χ2v) is 26.3. The molecule has 0 rings (SSSR count). The lowest BCUT2D eigenvalue weighted by molar-refractivity contribution is -0.870. The summed E-state index contributed by atoms with van der Waals surface area (Å²) in [5, 5.41) is 13.9. The molecule has 3 atom stereocenters. The Morgan fingerprint density at radius 1 is 0.442 bits per heavy atom. The van der Waals surface area contributed by atoms with Crippen LogP contribution in [0.3, 0.4) is 0 Å². The van der Waals surface area contributed by atoms with Crippen molar-refractivity contribution in [3.63, 3.8) is 0 Å². The number of unbranched alkanes of at least 4 members (excludes halogenated alkanes) is 49. The molecule has 0 aromatic heterocycles. The van der Waals surface area contributed by atoms with Crippen LogP contribution in [-0.4, -0.2) is 68.5 Å². The standard InChI is InChI=1S/C68H135N2O6P/c1-6-8-10-12-14-16-18-20-22-24-25-26-27-28-29-30-31-32-33-34-35-36-37-38-39-40-41-42-43-44-45-46-48-50-52-54-56-58-60-62-68(72)69-66(65-76-77(73,74)75-64-63-70(3,4)5)67(71)61-59-57-55-53-51-49-47-23-21-19-17-15-13-11-9-7-2/h24-25,59,61,66-67,71H,6-23,26-58,60,62-65H2,1-5H3,(H-,69,72,73,74)/b25-24-,61-59+. The summed E-state index contributed by atoms with van der Waals surface area (Å²) in [5.74, 6) is -0.190. The molecule has 0 radical (unpaired) electrons. The van der Waals surface area contributed by atoms with Crippen LogP contribution in [0.4, 0.5) is 0 Å². The van der Waals surface area contributed by atoms with Crippen molar-refractivity contribution in [2.45, 2.75) is 366 Å². The molecule has 0 fully saturated rings. The highest BCUT2D eigenvalue weighted by Gasteiger charge is 2.23. The van der Waals surface area contributed by atoms with E-state index in [-0.39, 0.29) is 19.1 Å². The summed E-state index contributed by atoms with van der Waals surface area (Å²) >= 11 is 0. The van der Waals surface area contributed by atoms with Crippen LogP contribution in [0.25, 0.3) is 0 Å². The largest absolute Gasteiger partial charge is 0.756 e.